The monoisotopic (exact) mass is 317 g/mol. The Labute approximate surface area is 121 Å². The van der Waals surface area contributed by atoms with E-state index in [1.54, 1.807) is 0 Å². The highest BCUT2D eigenvalue weighted by Gasteiger charge is 2.16. The molecule has 0 amide bonds. The summed E-state index contributed by atoms with van der Waals surface area (Å²) in [5, 5.41) is 3.34. The molecule has 1 atom stereocenters. The zero-order chi connectivity index (χ0) is 13.2. The molecule has 19 heavy (non-hydrogen) atoms. The lowest BCUT2D eigenvalue weighted by molar-refractivity contribution is 0.0354. The summed E-state index contributed by atoms with van der Waals surface area (Å²) in [6.45, 7) is 2.74. The number of rotatable bonds is 4. The number of hydrogen-bond acceptors (Lipinski definition) is 1. The Balaban J connectivity index is 2.35. The summed E-state index contributed by atoms with van der Waals surface area (Å²) >= 11 is 3.56. The predicted octanol–water partition coefficient (Wildman–Crippen LogP) is 4.72. The molecule has 0 N–H and O–H groups in total. The lowest BCUT2D eigenvalue weighted by Gasteiger charge is -2.18. The Morgan fingerprint density at radius 1 is 1.00 bits per heavy atom. The van der Waals surface area contributed by atoms with E-state index in [9.17, 15) is 0 Å². The molecule has 2 aromatic carbocycles. The van der Waals surface area contributed by atoms with Gasteiger partial charge in [0.05, 0.1) is 11.0 Å². The van der Waals surface area contributed by atoms with E-state index in [1.165, 1.54) is 21.8 Å². The van der Waals surface area contributed by atoms with Crippen molar-refractivity contribution in [1.29, 1.82) is 0 Å². The first-order valence-corrected chi connectivity index (χ1v) is 7.64. The molecule has 1 heterocycles. The third-order valence-electron chi connectivity index (χ3n) is 3.40. The summed E-state index contributed by atoms with van der Waals surface area (Å²) in [6, 6.07) is 17.0. The largest absolute Gasteiger partial charge is 0.357 e. The Morgan fingerprint density at radius 3 is 2.00 bits per heavy atom. The molecule has 0 bridgehead atoms. The van der Waals surface area contributed by atoms with Gasteiger partial charge < -0.3 is 9.30 Å². The van der Waals surface area contributed by atoms with Crippen LogP contribution in [-0.2, 0) is 4.74 Å². The lowest BCUT2D eigenvalue weighted by atomic mass is 10.2. The maximum absolute atomic E-state index is 5.87. The van der Waals surface area contributed by atoms with Crippen LogP contribution in [0.25, 0.3) is 21.8 Å². The zero-order valence-electron chi connectivity index (χ0n) is 10.8. The third-order valence-corrected chi connectivity index (χ3v) is 3.95. The summed E-state index contributed by atoms with van der Waals surface area (Å²) in [7, 11) is 0. The van der Waals surface area contributed by atoms with E-state index in [2.05, 4.69) is 69.0 Å². The maximum Gasteiger partial charge on any atom is 0.144 e. The Morgan fingerprint density at radius 2 is 1.53 bits per heavy atom. The molecule has 0 fully saturated rings. The molecule has 1 unspecified atom stereocenters. The van der Waals surface area contributed by atoms with Crippen molar-refractivity contribution in [3.05, 3.63) is 48.5 Å². The minimum absolute atomic E-state index is 0.0230. The van der Waals surface area contributed by atoms with Crippen molar-refractivity contribution >= 4 is 37.7 Å². The number of hydrogen-bond donors (Lipinski definition) is 0. The fourth-order valence-electron chi connectivity index (χ4n) is 2.64. The van der Waals surface area contributed by atoms with E-state index in [0.717, 1.165) is 5.33 Å². The molecule has 1 aromatic heterocycles. The molecular weight excluding hydrogens is 302 g/mol. The molecular formula is C16H16BrNO. The van der Waals surface area contributed by atoms with E-state index in [1.807, 2.05) is 6.92 Å². The molecule has 0 radical (unpaired) electrons. The van der Waals surface area contributed by atoms with Gasteiger partial charge in [-0.25, -0.2) is 0 Å². The fraction of sp³-hybridized carbons (Fsp3) is 0.250. The van der Waals surface area contributed by atoms with Crippen molar-refractivity contribution < 1.29 is 4.74 Å². The van der Waals surface area contributed by atoms with E-state index in [4.69, 9.17) is 4.74 Å². The van der Waals surface area contributed by atoms with Crippen molar-refractivity contribution in [1.82, 2.24) is 4.57 Å². The number of nitrogens with zero attached hydrogens (tertiary/aromatic N) is 1. The molecule has 0 saturated heterocycles. The molecule has 2 nitrogen and oxygen atoms in total. The number of para-hydroxylation sites is 2. The summed E-state index contributed by atoms with van der Waals surface area (Å²) in [5.74, 6) is 0. The van der Waals surface area contributed by atoms with E-state index < -0.39 is 0 Å². The summed E-state index contributed by atoms with van der Waals surface area (Å²) in [5.41, 5.74) is 2.45. The molecule has 0 aliphatic rings. The normalized spacial score (nSPS) is 13.2. The van der Waals surface area contributed by atoms with E-state index in [-0.39, 0.29) is 6.23 Å². The average molecular weight is 318 g/mol. The van der Waals surface area contributed by atoms with Crippen LogP contribution in [0.3, 0.4) is 0 Å². The summed E-state index contributed by atoms with van der Waals surface area (Å²) in [6.07, 6.45) is 0.0230. The summed E-state index contributed by atoms with van der Waals surface area (Å²) < 4.78 is 8.15. The van der Waals surface area contributed by atoms with Gasteiger partial charge in [-0.1, -0.05) is 52.3 Å². The van der Waals surface area contributed by atoms with Gasteiger partial charge >= 0.3 is 0 Å². The zero-order valence-corrected chi connectivity index (χ0v) is 12.4. The van der Waals surface area contributed by atoms with Gasteiger partial charge in [-0.15, -0.1) is 0 Å². The third kappa shape index (κ3) is 2.07. The van der Waals surface area contributed by atoms with Gasteiger partial charge in [0, 0.05) is 22.7 Å². The lowest BCUT2D eigenvalue weighted by Crippen LogP contribution is -2.14. The molecule has 3 heteroatoms. The quantitative estimate of drug-likeness (QED) is 0.635. The Kier molecular flexibility index (Phi) is 3.58. The van der Waals surface area contributed by atoms with Gasteiger partial charge in [0.1, 0.15) is 6.23 Å². The standard InChI is InChI=1S/C16H16BrNO/c1-2-19-16(11-17)18-14-9-5-3-7-12(14)13-8-4-6-10-15(13)18/h3-10,16H,2,11H2,1H3. The SMILES string of the molecule is CCOC(CBr)n1c2ccccc2c2ccccc21. The van der Waals surface area contributed by atoms with Crippen molar-refractivity contribution in [2.45, 2.75) is 13.2 Å². The predicted molar refractivity (Wildman–Crippen MR) is 83.9 cm³/mol. The summed E-state index contributed by atoms with van der Waals surface area (Å²) in [4.78, 5) is 0. The molecule has 0 aliphatic heterocycles. The topological polar surface area (TPSA) is 14.2 Å². The van der Waals surface area contributed by atoms with Gasteiger partial charge in [-0.3, -0.25) is 0 Å². The van der Waals surface area contributed by atoms with E-state index >= 15 is 0 Å². The average Bonchev–Trinajstić information content (AvgIpc) is 2.80. The van der Waals surface area contributed by atoms with Crippen LogP contribution in [0.1, 0.15) is 13.2 Å². The highest BCUT2D eigenvalue weighted by Crippen LogP contribution is 2.32. The molecule has 3 aromatic rings. The van der Waals surface area contributed by atoms with E-state index in [0.29, 0.717) is 6.61 Å². The van der Waals surface area contributed by atoms with Crippen LogP contribution in [0.15, 0.2) is 48.5 Å². The number of alkyl halides is 1. The van der Waals surface area contributed by atoms with Crippen LogP contribution in [0, 0.1) is 0 Å². The fourth-order valence-corrected chi connectivity index (χ4v) is 3.12. The first-order chi connectivity index (χ1) is 9.36. The minimum Gasteiger partial charge on any atom is -0.357 e. The first-order valence-electron chi connectivity index (χ1n) is 6.52. The van der Waals surface area contributed by atoms with Gasteiger partial charge in [0.25, 0.3) is 0 Å². The van der Waals surface area contributed by atoms with Gasteiger partial charge in [0.2, 0.25) is 0 Å². The molecule has 3 rings (SSSR count). The minimum atomic E-state index is 0.0230. The van der Waals surface area contributed by atoms with Gasteiger partial charge in [-0.05, 0) is 19.1 Å². The number of fused-ring (bicyclic) bond motifs is 3. The second-order valence-electron chi connectivity index (χ2n) is 4.47. The van der Waals surface area contributed by atoms with Crippen LogP contribution in [0.2, 0.25) is 0 Å². The number of benzene rings is 2. The van der Waals surface area contributed by atoms with Crippen molar-refractivity contribution in [3.63, 3.8) is 0 Å². The maximum atomic E-state index is 5.87. The second kappa shape index (κ2) is 5.35. The van der Waals surface area contributed by atoms with Crippen LogP contribution in [-0.4, -0.2) is 16.5 Å². The van der Waals surface area contributed by atoms with Crippen LogP contribution in [0.5, 0.6) is 0 Å². The smallest absolute Gasteiger partial charge is 0.144 e. The van der Waals surface area contributed by atoms with Crippen molar-refractivity contribution in [3.8, 4) is 0 Å². The molecule has 0 spiro atoms. The van der Waals surface area contributed by atoms with Crippen LogP contribution in [0.4, 0.5) is 0 Å². The number of aromatic nitrogens is 1. The molecule has 0 aliphatic carbocycles. The number of ether oxygens (including phenoxy) is 1. The van der Waals surface area contributed by atoms with Crippen molar-refractivity contribution in [2.75, 3.05) is 11.9 Å². The first kappa shape index (κ1) is 12.7. The molecule has 98 valence electrons. The highest BCUT2D eigenvalue weighted by atomic mass is 79.9. The van der Waals surface area contributed by atoms with Crippen LogP contribution < -0.4 is 0 Å². The second-order valence-corrected chi connectivity index (χ2v) is 5.12. The Hall–Kier alpha value is -1.32. The Bertz CT molecular complexity index is 651. The van der Waals surface area contributed by atoms with Crippen molar-refractivity contribution in [2.24, 2.45) is 0 Å². The number of halogens is 1. The molecule has 0 saturated carbocycles. The van der Waals surface area contributed by atoms with Gasteiger partial charge in [-0.2, -0.15) is 0 Å². The van der Waals surface area contributed by atoms with Crippen LogP contribution >= 0.6 is 15.9 Å². The van der Waals surface area contributed by atoms with Gasteiger partial charge in [0.15, 0.2) is 0 Å². The highest BCUT2D eigenvalue weighted by molar-refractivity contribution is 9.09.